The summed E-state index contributed by atoms with van der Waals surface area (Å²) in [4.78, 5) is 30.2. The number of piperidine rings is 1. The molecule has 18 heteroatoms. The van der Waals surface area contributed by atoms with Crippen molar-refractivity contribution in [2.75, 3.05) is 57.8 Å². The van der Waals surface area contributed by atoms with Gasteiger partial charge in [0.2, 0.25) is 21.3 Å². The zero-order valence-corrected chi connectivity index (χ0v) is 43.5. The average molecular weight is 1040 g/mol. The first-order valence-corrected chi connectivity index (χ1v) is 28.1. The quantitative estimate of drug-likeness (QED) is 0.0398. The lowest BCUT2D eigenvalue weighted by molar-refractivity contribution is -0.150. The summed E-state index contributed by atoms with van der Waals surface area (Å²) in [5.74, 6) is -0.545. The molecule has 14 nitrogen and oxygen atoms in total. The van der Waals surface area contributed by atoms with Gasteiger partial charge in [-0.1, -0.05) is 35.3 Å². The third-order valence-electron chi connectivity index (χ3n) is 15.1. The Morgan fingerprint density at radius 3 is 2.26 bits per heavy atom. The molecule has 5 aliphatic rings. The van der Waals surface area contributed by atoms with Crippen molar-refractivity contribution in [1.29, 1.82) is 0 Å². The zero-order chi connectivity index (χ0) is 50.1. The SMILES string of the molecule is CCN(CC)c1ccc2c(-c3ccc(S(=O)(=O)NCC4CCC(C(=O)NCCN5C6CCC5[C@@H](C(=O)OC)[C@@H](c5ccc(Cl)c(Cl)c5)C6)CC4)cc3S(=O)(=O)[O-])c3ccc(=[N+](CC)CC)cc-3oc2c1. The molecule has 0 aromatic heterocycles. The summed E-state index contributed by atoms with van der Waals surface area (Å²) in [6, 6.07) is 20.8. The van der Waals surface area contributed by atoms with Crippen molar-refractivity contribution >= 4 is 71.9 Å². The predicted molar refractivity (Wildman–Crippen MR) is 273 cm³/mol. The van der Waals surface area contributed by atoms with Gasteiger partial charge in [-0.2, -0.15) is 0 Å². The van der Waals surface area contributed by atoms with Crippen LogP contribution in [0.3, 0.4) is 0 Å². The van der Waals surface area contributed by atoms with Crippen molar-refractivity contribution in [2.24, 2.45) is 17.8 Å². The number of esters is 1. The van der Waals surface area contributed by atoms with E-state index in [1.165, 1.54) is 19.2 Å². The van der Waals surface area contributed by atoms with E-state index in [1.54, 1.807) is 6.07 Å². The van der Waals surface area contributed by atoms with Crippen LogP contribution in [0.5, 0.6) is 0 Å². The second-order valence-corrected chi connectivity index (χ2v) is 22.7. The molecule has 1 amide bonds. The number of sulfonamides is 1. The van der Waals surface area contributed by atoms with Crippen LogP contribution in [0.2, 0.25) is 10.0 Å². The van der Waals surface area contributed by atoms with E-state index in [9.17, 15) is 31.0 Å². The molecule has 2 saturated heterocycles. The number of ether oxygens (including phenoxy) is 1. The lowest BCUT2D eigenvalue weighted by Crippen LogP contribution is -2.53. The maximum atomic E-state index is 13.9. The molecule has 376 valence electrons. The Labute approximate surface area is 421 Å². The van der Waals surface area contributed by atoms with Crippen LogP contribution in [0.4, 0.5) is 5.69 Å². The monoisotopic (exact) mass is 1040 g/mol. The zero-order valence-electron chi connectivity index (χ0n) is 40.4. The molecule has 3 aromatic rings. The molecule has 2 bridgehead atoms. The van der Waals surface area contributed by atoms with E-state index in [2.05, 4.69) is 52.1 Å². The Morgan fingerprint density at radius 2 is 1.59 bits per heavy atom. The molecule has 3 aliphatic heterocycles. The van der Waals surface area contributed by atoms with Crippen molar-refractivity contribution in [1.82, 2.24) is 19.5 Å². The minimum Gasteiger partial charge on any atom is -0.744 e. The number of methoxy groups -OCH3 is 1. The van der Waals surface area contributed by atoms with Gasteiger partial charge in [0.25, 0.3) is 0 Å². The maximum Gasteiger partial charge on any atom is 0.310 e. The smallest absolute Gasteiger partial charge is 0.310 e. The van der Waals surface area contributed by atoms with E-state index >= 15 is 0 Å². The summed E-state index contributed by atoms with van der Waals surface area (Å²) in [5.41, 5.74) is 3.45. The molecule has 3 fully saturated rings. The van der Waals surface area contributed by atoms with Crippen molar-refractivity contribution in [3.8, 4) is 22.5 Å². The van der Waals surface area contributed by atoms with Crippen LogP contribution in [0.15, 0.2) is 87.0 Å². The van der Waals surface area contributed by atoms with Crippen molar-refractivity contribution in [3.05, 3.63) is 93.8 Å². The highest BCUT2D eigenvalue weighted by molar-refractivity contribution is 7.89. The standard InChI is InChI=1S/C52H63Cl2N5O9S2/c1-6-57(7-2)35-15-19-39-46(28-35)68-47-29-36(58(8-3)9-4)16-20-40(47)49(39)41-21-18-38(30-48(41)70(64,65)66)69(62,63)56-31-32-10-12-33(13-11-32)51(60)55-24-25-59-37-17-23-45(59)50(52(61)67-5)42(27-37)34-14-22-43(53)44(54)26-34/h14-16,18-22,26,28-30,32-33,37,42,45,50,56H,6-13,17,23-25,27,31H2,1-5H3,(H-,55,60,64,65,66)/t32?,33?,37?,42-,45?,50+/m1/s1. The van der Waals surface area contributed by atoms with Gasteiger partial charge in [0.05, 0.1) is 38.9 Å². The number of amides is 1. The minimum absolute atomic E-state index is 0.0326. The molecule has 2 unspecified atom stereocenters. The van der Waals surface area contributed by atoms with Crippen molar-refractivity contribution in [2.45, 2.75) is 100 Å². The van der Waals surface area contributed by atoms with Gasteiger partial charge in [0, 0.05) is 96.5 Å². The number of hydrogen-bond donors (Lipinski definition) is 2. The van der Waals surface area contributed by atoms with Crippen molar-refractivity contribution < 1.29 is 40.1 Å². The molecule has 0 radical (unpaired) electrons. The highest BCUT2D eigenvalue weighted by Crippen LogP contribution is 2.48. The lowest BCUT2D eigenvalue weighted by atomic mass is 9.76. The number of carbonyl (C=O) groups excluding carboxylic acids is 2. The van der Waals surface area contributed by atoms with Crippen LogP contribution in [0.25, 0.3) is 33.4 Å². The molecule has 3 aromatic carbocycles. The third-order valence-corrected chi connectivity index (χ3v) is 18.1. The third kappa shape index (κ3) is 10.6. The highest BCUT2D eigenvalue weighted by Gasteiger charge is 2.51. The van der Waals surface area contributed by atoms with Gasteiger partial charge < -0.3 is 23.9 Å². The largest absolute Gasteiger partial charge is 0.744 e. The number of benzene rings is 4. The number of anilines is 1. The number of rotatable bonds is 17. The number of carbonyl (C=O) groups is 2. The average Bonchev–Trinajstić information content (AvgIpc) is 3.62. The summed E-state index contributed by atoms with van der Waals surface area (Å²) in [7, 11) is -8.06. The molecule has 3 heterocycles. The van der Waals surface area contributed by atoms with E-state index in [0.29, 0.717) is 76.7 Å². The number of halogens is 2. The normalized spacial score (nSPS) is 21.8. The first-order valence-electron chi connectivity index (χ1n) is 24.5. The van der Waals surface area contributed by atoms with Gasteiger partial charge in [0.1, 0.15) is 34.6 Å². The Balaban J connectivity index is 0.931. The van der Waals surface area contributed by atoms with Gasteiger partial charge in [-0.05, 0) is 127 Å². The van der Waals surface area contributed by atoms with Crippen LogP contribution < -0.4 is 24.9 Å². The fourth-order valence-electron chi connectivity index (χ4n) is 11.4. The van der Waals surface area contributed by atoms with E-state index in [4.69, 9.17) is 32.4 Å². The van der Waals surface area contributed by atoms with Gasteiger partial charge in [-0.15, -0.1) is 0 Å². The molecule has 2 N–H and O–H groups in total. The molecule has 70 heavy (non-hydrogen) atoms. The topological polar surface area (TPSA) is 181 Å². The number of hydrogen-bond acceptors (Lipinski definition) is 11. The van der Waals surface area contributed by atoms with E-state index in [-0.39, 0.29) is 64.6 Å². The first kappa shape index (κ1) is 51.8. The summed E-state index contributed by atoms with van der Waals surface area (Å²) in [6.45, 7) is 12.3. The maximum absolute atomic E-state index is 13.9. The highest BCUT2D eigenvalue weighted by atomic mass is 35.5. The number of nitrogens with zero attached hydrogens (tertiary/aromatic N) is 3. The van der Waals surface area contributed by atoms with Gasteiger partial charge >= 0.3 is 5.97 Å². The second kappa shape index (κ2) is 21.7. The minimum atomic E-state index is -5.20. The predicted octanol–water partition coefficient (Wildman–Crippen LogP) is 8.08. The summed E-state index contributed by atoms with van der Waals surface area (Å²) < 4.78 is 83.8. The summed E-state index contributed by atoms with van der Waals surface area (Å²) in [6.07, 6.45) is 4.93. The fraction of sp³-hybridized carbons (Fsp3) is 0.481. The van der Waals surface area contributed by atoms with E-state index < -0.39 is 25.0 Å². The lowest BCUT2D eigenvalue weighted by Gasteiger charge is -2.43. The Bertz CT molecular complexity index is 3020. The second-order valence-electron chi connectivity index (χ2n) is 18.8. The molecular weight excluding hydrogens is 974 g/mol. The molecule has 1 saturated carbocycles. The Hall–Kier alpha value is -4.55. The molecular formula is C52H63Cl2N5O9S2. The summed E-state index contributed by atoms with van der Waals surface area (Å²) in [5, 5.41) is 5.52. The molecule has 0 spiro atoms. The van der Waals surface area contributed by atoms with E-state index in [1.807, 2.05) is 48.5 Å². The number of fused-ring (bicyclic) bond motifs is 4. The summed E-state index contributed by atoms with van der Waals surface area (Å²) >= 11 is 12.6. The van der Waals surface area contributed by atoms with Crippen LogP contribution in [-0.2, 0) is 34.5 Å². The fourth-order valence-corrected chi connectivity index (χ4v) is 13.6. The Morgan fingerprint density at radius 1 is 0.857 bits per heavy atom. The van der Waals surface area contributed by atoms with Gasteiger partial charge in [-0.3, -0.25) is 14.5 Å². The number of nitrogens with one attached hydrogen (secondary N) is 2. The van der Waals surface area contributed by atoms with Crippen LogP contribution in [0.1, 0.15) is 84.1 Å². The van der Waals surface area contributed by atoms with Crippen LogP contribution in [-0.4, -0.2) is 103 Å². The van der Waals surface area contributed by atoms with Crippen LogP contribution >= 0.6 is 23.2 Å². The van der Waals surface area contributed by atoms with Crippen LogP contribution in [0, 0.1) is 17.8 Å². The van der Waals surface area contributed by atoms with Gasteiger partial charge in [-0.25, -0.2) is 26.1 Å². The molecule has 2 aliphatic carbocycles. The first-order chi connectivity index (χ1) is 33.5. The van der Waals surface area contributed by atoms with Crippen molar-refractivity contribution in [3.63, 3.8) is 0 Å². The Kier molecular flexibility index (Phi) is 16.0. The molecule has 4 atom stereocenters. The van der Waals surface area contributed by atoms with Gasteiger partial charge in [0.15, 0.2) is 0 Å². The van der Waals surface area contributed by atoms with E-state index in [0.717, 1.165) is 68.1 Å². The molecule has 8 rings (SSSR count).